The molecular formula is C21H21N3O2. The van der Waals surface area contributed by atoms with E-state index in [0.717, 1.165) is 30.2 Å². The van der Waals surface area contributed by atoms with Gasteiger partial charge < -0.3 is 19.5 Å². The fraction of sp³-hybridized carbons (Fsp3) is 0.190. The molecule has 1 amide bonds. The van der Waals surface area contributed by atoms with Crippen molar-refractivity contribution in [3.63, 3.8) is 0 Å². The van der Waals surface area contributed by atoms with Crippen LogP contribution in [0.25, 0.3) is 5.69 Å². The Morgan fingerprint density at radius 2 is 1.69 bits per heavy atom. The molecule has 1 N–H and O–H groups in total. The Labute approximate surface area is 152 Å². The van der Waals surface area contributed by atoms with Gasteiger partial charge in [0, 0.05) is 36.7 Å². The van der Waals surface area contributed by atoms with Crippen LogP contribution in [0.15, 0.2) is 73.1 Å². The number of benzene rings is 2. The van der Waals surface area contributed by atoms with E-state index in [4.69, 9.17) is 4.74 Å². The van der Waals surface area contributed by atoms with Gasteiger partial charge in [-0.3, -0.25) is 4.79 Å². The predicted octanol–water partition coefficient (Wildman–Crippen LogP) is 3.57. The molecule has 0 bridgehead atoms. The molecule has 5 nitrogen and oxygen atoms in total. The maximum atomic E-state index is 12.8. The van der Waals surface area contributed by atoms with Crippen LogP contribution < -0.4 is 10.2 Å². The summed E-state index contributed by atoms with van der Waals surface area (Å²) in [5.74, 6) is -0.111. The molecule has 3 aromatic rings. The summed E-state index contributed by atoms with van der Waals surface area (Å²) >= 11 is 0. The minimum Gasteiger partial charge on any atom is -0.378 e. The third-order valence-electron chi connectivity index (χ3n) is 4.51. The Morgan fingerprint density at radius 3 is 2.50 bits per heavy atom. The highest BCUT2D eigenvalue weighted by Gasteiger charge is 2.16. The van der Waals surface area contributed by atoms with Crippen molar-refractivity contribution in [1.29, 1.82) is 0 Å². The molecule has 1 aliphatic rings. The van der Waals surface area contributed by atoms with Crippen molar-refractivity contribution in [3.05, 3.63) is 78.6 Å². The summed E-state index contributed by atoms with van der Waals surface area (Å²) in [5.41, 5.74) is 3.45. The molecule has 0 spiro atoms. The van der Waals surface area contributed by atoms with Crippen molar-refractivity contribution in [2.24, 2.45) is 0 Å². The highest BCUT2D eigenvalue weighted by Crippen LogP contribution is 2.27. The molecule has 2 heterocycles. The van der Waals surface area contributed by atoms with Crippen LogP contribution in [0.3, 0.4) is 0 Å². The average molecular weight is 347 g/mol. The normalized spacial score (nSPS) is 14.2. The molecule has 0 aliphatic carbocycles. The van der Waals surface area contributed by atoms with Gasteiger partial charge in [-0.15, -0.1) is 0 Å². The Hall–Kier alpha value is -3.05. The first-order valence-corrected chi connectivity index (χ1v) is 8.78. The van der Waals surface area contributed by atoms with Crippen molar-refractivity contribution in [3.8, 4) is 5.69 Å². The number of hydrogen-bond donors (Lipinski definition) is 1. The lowest BCUT2D eigenvalue weighted by molar-refractivity contribution is 0.102. The van der Waals surface area contributed by atoms with Gasteiger partial charge in [0.05, 0.1) is 24.6 Å². The summed E-state index contributed by atoms with van der Waals surface area (Å²) < 4.78 is 7.41. The summed E-state index contributed by atoms with van der Waals surface area (Å²) in [6, 6.07) is 19.5. The molecule has 0 atom stereocenters. The SMILES string of the molecule is O=C(Nc1ccccc1N1CCOCC1)c1cccc(-n2cccc2)c1. The van der Waals surface area contributed by atoms with E-state index in [1.54, 1.807) is 0 Å². The van der Waals surface area contributed by atoms with Crippen LogP contribution in [0.5, 0.6) is 0 Å². The monoisotopic (exact) mass is 347 g/mol. The van der Waals surface area contributed by atoms with Gasteiger partial charge in [0.1, 0.15) is 0 Å². The first kappa shape index (κ1) is 16.4. The van der Waals surface area contributed by atoms with Crippen molar-refractivity contribution in [2.45, 2.75) is 0 Å². The molecule has 2 aromatic carbocycles. The van der Waals surface area contributed by atoms with Crippen LogP contribution >= 0.6 is 0 Å². The standard InChI is InChI=1S/C21H21N3O2/c25-21(17-6-5-7-18(16-17)23-10-3-4-11-23)22-19-8-1-2-9-20(19)24-12-14-26-15-13-24/h1-11,16H,12-15H2,(H,22,25). The summed E-state index contributed by atoms with van der Waals surface area (Å²) in [7, 11) is 0. The zero-order valence-electron chi connectivity index (χ0n) is 14.5. The van der Waals surface area contributed by atoms with Crippen molar-refractivity contribution < 1.29 is 9.53 Å². The molecule has 0 radical (unpaired) electrons. The fourth-order valence-corrected chi connectivity index (χ4v) is 3.17. The number of carbonyl (C=O) groups excluding carboxylic acids is 1. The minimum atomic E-state index is -0.111. The summed E-state index contributed by atoms with van der Waals surface area (Å²) in [5, 5.41) is 3.07. The van der Waals surface area contributed by atoms with E-state index in [9.17, 15) is 4.79 Å². The topological polar surface area (TPSA) is 46.5 Å². The third-order valence-corrected chi connectivity index (χ3v) is 4.51. The average Bonchev–Trinajstić information content (AvgIpc) is 3.24. The van der Waals surface area contributed by atoms with Crippen molar-refractivity contribution in [1.82, 2.24) is 4.57 Å². The fourth-order valence-electron chi connectivity index (χ4n) is 3.17. The van der Waals surface area contributed by atoms with E-state index in [2.05, 4.69) is 10.2 Å². The quantitative estimate of drug-likeness (QED) is 0.785. The number of aromatic nitrogens is 1. The van der Waals surface area contributed by atoms with E-state index in [1.807, 2.05) is 77.6 Å². The number of nitrogens with zero attached hydrogens (tertiary/aromatic N) is 2. The molecule has 1 aromatic heterocycles. The maximum absolute atomic E-state index is 12.8. The number of ether oxygens (including phenoxy) is 1. The first-order chi connectivity index (χ1) is 12.8. The van der Waals surface area contributed by atoms with E-state index in [0.29, 0.717) is 18.8 Å². The largest absolute Gasteiger partial charge is 0.378 e. The van der Waals surface area contributed by atoms with Gasteiger partial charge in [-0.25, -0.2) is 0 Å². The molecule has 5 heteroatoms. The second-order valence-electron chi connectivity index (χ2n) is 6.21. The van der Waals surface area contributed by atoms with Crippen LogP contribution in [-0.2, 0) is 4.74 Å². The van der Waals surface area contributed by atoms with E-state index in [-0.39, 0.29) is 5.91 Å². The number of para-hydroxylation sites is 2. The van der Waals surface area contributed by atoms with Gasteiger partial charge in [-0.2, -0.15) is 0 Å². The molecule has 0 saturated carbocycles. The number of nitrogens with one attached hydrogen (secondary N) is 1. The van der Waals surface area contributed by atoms with Gasteiger partial charge >= 0.3 is 0 Å². The molecule has 1 aliphatic heterocycles. The molecule has 1 saturated heterocycles. The Morgan fingerprint density at radius 1 is 0.923 bits per heavy atom. The van der Waals surface area contributed by atoms with Crippen molar-refractivity contribution in [2.75, 3.05) is 36.5 Å². The Kier molecular flexibility index (Phi) is 4.71. The zero-order valence-corrected chi connectivity index (χ0v) is 14.5. The minimum absolute atomic E-state index is 0.111. The third kappa shape index (κ3) is 3.48. The molecular weight excluding hydrogens is 326 g/mol. The smallest absolute Gasteiger partial charge is 0.255 e. The highest BCUT2D eigenvalue weighted by atomic mass is 16.5. The molecule has 0 unspecified atom stereocenters. The van der Waals surface area contributed by atoms with Crippen LogP contribution in [0.2, 0.25) is 0 Å². The molecule has 26 heavy (non-hydrogen) atoms. The lowest BCUT2D eigenvalue weighted by Crippen LogP contribution is -2.36. The molecule has 1 fully saturated rings. The number of amides is 1. The van der Waals surface area contributed by atoms with Gasteiger partial charge in [0.25, 0.3) is 5.91 Å². The van der Waals surface area contributed by atoms with Crippen LogP contribution in [-0.4, -0.2) is 36.8 Å². The van der Waals surface area contributed by atoms with Gasteiger partial charge in [0.2, 0.25) is 0 Å². The number of carbonyl (C=O) groups is 1. The lowest BCUT2D eigenvalue weighted by atomic mass is 10.1. The summed E-state index contributed by atoms with van der Waals surface area (Å²) in [6.45, 7) is 3.08. The van der Waals surface area contributed by atoms with Gasteiger partial charge in [-0.05, 0) is 42.5 Å². The second-order valence-corrected chi connectivity index (χ2v) is 6.21. The lowest BCUT2D eigenvalue weighted by Gasteiger charge is -2.30. The van der Waals surface area contributed by atoms with Crippen molar-refractivity contribution >= 4 is 17.3 Å². The number of hydrogen-bond acceptors (Lipinski definition) is 3. The van der Waals surface area contributed by atoms with E-state index >= 15 is 0 Å². The number of rotatable bonds is 4. The highest BCUT2D eigenvalue weighted by molar-refractivity contribution is 6.06. The Bertz CT molecular complexity index is 884. The summed E-state index contributed by atoms with van der Waals surface area (Å²) in [6.07, 6.45) is 3.93. The van der Waals surface area contributed by atoms with E-state index in [1.165, 1.54) is 0 Å². The van der Waals surface area contributed by atoms with Crippen LogP contribution in [0.1, 0.15) is 10.4 Å². The zero-order chi connectivity index (χ0) is 17.8. The maximum Gasteiger partial charge on any atom is 0.255 e. The predicted molar refractivity (Wildman–Crippen MR) is 103 cm³/mol. The summed E-state index contributed by atoms with van der Waals surface area (Å²) in [4.78, 5) is 15.1. The number of anilines is 2. The molecule has 4 rings (SSSR count). The van der Waals surface area contributed by atoms with Crippen LogP contribution in [0.4, 0.5) is 11.4 Å². The molecule has 132 valence electrons. The van der Waals surface area contributed by atoms with Gasteiger partial charge in [0.15, 0.2) is 0 Å². The first-order valence-electron chi connectivity index (χ1n) is 8.78. The number of morpholine rings is 1. The van der Waals surface area contributed by atoms with Crippen LogP contribution in [0, 0.1) is 0 Å². The van der Waals surface area contributed by atoms with Gasteiger partial charge in [-0.1, -0.05) is 18.2 Å². The second kappa shape index (κ2) is 7.45. The Balaban J connectivity index is 1.56. The van der Waals surface area contributed by atoms with E-state index < -0.39 is 0 Å².